The molecule has 0 aliphatic heterocycles. The van der Waals surface area contributed by atoms with Crippen LogP contribution in [0.2, 0.25) is 0 Å². The third kappa shape index (κ3) is 1.91. The second-order valence-corrected chi connectivity index (χ2v) is 3.11. The first kappa shape index (κ1) is 9.39. The summed E-state index contributed by atoms with van der Waals surface area (Å²) in [5, 5.41) is 0. The van der Waals surface area contributed by atoms with Gasteiger partial charge in [-0.15, -0.1) is 0 Å². The smallest absolute Gasteiger partial charge is 0.140 e. The van der Waals surface area contributed by atoms with Crippen LogP contribution in [0.15, 0.2) is 18.2 Å². The van der Waals surface area contributed by atoms with Gasteiger partial charge in [-0.3, -0.25) is 0 Å². The van der Waals surface area contributed by atoms with Gasteiger partial charge in [-0.1, -0.05) is 13.8 Å². The molecule has 0 saturated carbocycles. The molecule has 1 aromatic carbocycles. The van der Waals surface area contributed by atoms with Gasteiger partial charge in [0.2, 0.25) is 0 Å². The Morgan fingerprint density at radius 2 is 2.08 bits per heavy atom. The molecule has 0 aliphatic carbocycles. The van der Waals surface area contributed by atoms with E-state index in [9.17, 15) is 4.39 Å². The van der Waals surface area contributed by atoms with Gasteiger partial charge in [-0.2, -0.15) is 0 Å². The Labute approximate surface area is 77.2 Å². The van der Waals surface area contributed by atoms with Crippen LogP contribution in [0, 0.1) is 5.82 Å². The summed E-state index contributed by atoms with van der Waals surface area (Å²) in [5.74, 6) is 0.616. The number of hydrogen-bond acceptors (Lipinski definition) is 2. The fourth-order valence-corrected chi connectivity index (χ4v) is 1.22. The highest BCUT2D eigenvalue weighted by molar-refractivity contribution is 7.75. The van der Waals surface area contributed by atoms with Crippen molar-refractivity contribution in [2.45, 2.75) is 19.8 Å². The van der Waals surface area contributed by atoms with E-state index in [4.69, 9.17) is 4.18 Å². The van der Waals surface area contributed by atoms with Crippen LogP contribution in [-0.4, -0.2) is 0 Å². The molecule has 0 N–H and O–H groups in total. The van der Waals surface area contributed by atoms with Gasteiger partial charge in [0, 0.05) is 18.5 Å². The molecule has 0 atom stereocenters. The van der Waals surface area contributed by atoms with Gasteiger partial charge < -0.3 is 4.18 Å². The molecule has 0 spiro atoms. The lowest BCUT2D eigenvalue weighted by Crippen LogP contribution is -1.92. The Balaban J connectivity index is 3.12. The Kier molecular flexibility index (Phi) is 2.98. The number of halogens is 1. The Hall–Kier alpha value is -0.700. The lowest BCUT2D eigenvalue weighted by Gasteiger charge is -2.09. The van der Waals surface area contributed by atoms with Crippen molar-refractivity contribution in [3.05, 3.63) is 29.6 Å². The fourth-order valence-electron chi connectivity index (χ4n) is 1.05. The number of rotatable bonds is 2. The lowest BCUT2D eigenvalue weighted by atomic mass is 10.0. The summed E-state index contributed by atoms with van der Waals surface area (Å²) in [6.07, 6.45) is 0. The molecule has 0 aliphatic rings. The van der Waals surface area contributed by atoms with Crippen molar-refractivity contribution >= 4 is 12.9 Å². The highest BCUT2D eigenvalue weighted by atomic mass is 32.1. The highest BCUT2D eigenvalue weighted by Crippen LogP contribution is 2.27. The van der Waals surface area contributed by atoms with Crippen LogP contribution in [0.5, 0.6) is 5.75 Å². The summed E-state index contributed by atoms with van der Waals surface area (Å²) in [5.41, 5.74) is 0.838. The number of benzene rings is 1. The summed E-state index contributed by atoms with van der Waals surface area (Å²) in [7, 11) is 0. The van der Waals surface area contributed by atoms with Crippen LogP contribution in [0.4, 0.5) is 4.39 Å². The SMILES string of the molecule is CC(C)c1cc(F)ccc1OS. The summed E-state index contributed by atoms with van der Waals surface area (Å²) in [4.78, 5) is 0. The average Bonchev–Trinajstić information content (AvgIpc) is 2.04. The number of thiol groups is 1. The van der Waals surface area contributed by atoms with Crippen LogP contribution in [0.1, 0.15) is 25.3 Å². The zero-order valence-corrected chi connectivity index (χ0v) is 7.94. The zero-order valence-electron chi connectivity index (χ0n) is 7.04. The molecule has 66 valence electrons. The van der Waals surface area contributed by atoms with E-state index in [2.05, 4.69) is 12.9 Å². The molecule has 0 unspecified atom stereocenters. The van der Waals surface area contributed by atoms with E-state index in [-0.39, 0.29) is 11.7 Å². The van der Waals surface area contributed by atoms with Gasteiger partial charge in [0.15, 0.2) is 0 Å². The van der Waals surface area contributed by atoms with Gasteiger partial charge in [0.25, 0.3) is 0 Å². The molecule has 0 fully saturated rings. The van der Waals surface area contributed by atoms with Gasteiger partial charge in [0.1, 0.15) is 11.6 Å². The summed E-state index contributed by atoms with van der Waals surface area (Å²) < 4.78 is 17.6. The third-order valence-corrected chi connectivity index (χ3v) is 1.89. The summed E-state index contributed by atoms with van der Waals surface area (Å²) in [6, 6.07) is 4.41. The normalized spacial score (nSPS) is 10.4. The van der Waals surface area contributed by atoms with Gasteiger partial charge in [-0.05, 0) is 24.1 Å². The van der Waals surface area contributed by atoms with Crippen LogP contribution in [0.3, 0.4) is 0 Å². The van der Waals surface area contributed by atoms with E-state index in [0.29, 0.717) is 5.75 Å². The molecule has 1 rings (SSSR count). The summed E-state index contributed by atoms with van der Waals surface area (Å²) in [6.45, 7) is 3.95. The molecule has 1 nitrogen and oxygen atoms in total. The van der Waals surface area contributed by atoms with E-state index in [1.165, 1.54) is 12.1 Å². The molecular formula is C9H11FOS. The second-order valence-electron chi connectivity index (χ2n) is 2.93. The largest absolute Gasteiger partial charge is 0.429 e. The first-order chi connectivity index (χ1) is 5.65. The first-order valence-electron chi connectivity index (χ1n) is 3.76. The molecule has 3 heteroatoms. The summed E-state index contributed by atoms with van der Waals surface area (Å²) >= 11 is 3.69. The minimum absolute atomic E-state index is 0.239. The fraction of sp³-hybridized carbons (Fsp3) is 0.333. The maximum absolute atomic E-state index is 12.8. The van der Waals surface area contributed by atoms with Crippen LogP contribution >= 0.6 is 12.9 Å². The molecule has 1 aromatic rings. The molecule has 0 saturated heterocycles. The van der Waals surface area contributed by atoms with Crippen molar-refractivity contribution in [2.75, 3.05) is 0 Å². The maximum atomic E-state index is 12.8. The topological polar surface area (TPSA) is 9.23 Å². The zero-order chi connectivity index (χ0) is 9.14. The lowest BCUT2D eigenvalue weighted by molar-refractivity contribution is 0.600. The van der Waals surface area contributed by atoms with Crippen molar-refractivity contribution in [3.8, 4) is 5.75 Å². The predicted octanol–water partition coefficient (Wildman–Crippen LogP) is 3.17. The minimum atomic E-state index is -0.243. The van der Waals surface area contributed by atoms with E-state index in [1.54, 1.807) is 6.07 Å². The first-order valence-corrected chi connectivity index (χ1v) is 4.12. The minimum Gasteiger partial charge on any atom is -0.429 e. The van der Waals surface area contributed by atoms with E-state index < -0.39 is 0 Å². The van der Waals surface area contributed by atoms with E-state index in [1.807, 2.05) is 13.8 Å². The van der Waals surface area contributed by atoms with Crippen molar-refractivity contribution in [3.63, 3.8) is 0 Å². The highest BCUT2D eigenvalue weighted by Gasteiger charge is 2.07. The van der Waals surface area contributed by atoms with Gasteiger partial charge in [-0.25, -0.2) is 4.39 Å². The quantitative estimate of drug-likeness (QED) is 0.551. The number of hydrogen-bond donors (Lipinski definition) is 1. The van der Waals surface area contributed by atoms with Crippen molar-refractivity contribution in [1.29, 1.82) is 0 Å². The Morgan fingerprint density at radius 3 is 2.58 bits per heavy atom. The van der Waals surface area contributed by atoms with E-state index >= 15 is 0 Å². The molecular weight excluding hydrogens is 175 g/mol. The molecule has 12 heavy (non-hydrogen) atoms. The monoisotopic (exact) mass is 186 g/mol. The molecule has 0 heterocycles. The Morgan fingerprint density at radius 1 is 1.42 bits per heavy atom. The average molecular weight is 186 g/mol. The van der Waals surface area contributed by atoms with Crippen molar-refractivity contribution in [2.24, 2.45) is 0 Å². The predicted molar refractivity (Wildman–Crippen MR) is 50.1 cm³/mol. The van der Waals surface area contributed by atoms with Crippen LogP contribution < -0.4 is 4.18 Å². The van der Waals surface area contributed by atoms with Crippen molar-refractivity contribution < 1.29 is 8.57 Å². The van der Waals surface area contributed by atoms with Gasteiger partial charge >= 0.3 is 0 Å². The van der Waals surface area contributed by atoms with Gasteiger partial charge in [0.05, 0.1) is 0 Å². The molecule has 0 bridgehead atoms. The molecule has 0 aromatic heterocycles. The maximum Gasteiger partial charge on any atom is 0.140 e. The standard InChI is InChI=1S/C9H11FOS/c1-6(2)8-5-7(10)3-4-9(8)11-12/h3-6,12H,1-2H3. The van der Waals surface area contributed by atoms with Crippen LogP contribution in [-0.2, 0) is 0 Å². The van der Waals surface area contributed by atoms with Crippen LogP contribution in [0.25, 0.3) is 0 Å². The van der Waals surface area contributed by atoms with E-state index in [0.717, 1.165) is 5.56 Å². The molecule has 0 radical (unpaired) electrons. The Bertz CT molecular complexity index is 273. The molecule has 0 amide bonds. The van der Waals surface area contributed by atoms with Crippen molar-refractivity contribution in [1.82, 2.24) is 0 Å². The second kappa shape index (κ2) is 3.81. The third-order valence-electron chi connectivity index (χ3n) is 1.69.